The number of carbonyl (C=O) groups is 2. The highest BCUT2D eigenvalue weighted by Gasteiger charge is 2.46. The number of nitrogens with zero attached hydrogens (tertiary/aromatic N) is 2. The summed E-state index contributed by atoms with van der Waals surface area (Å²) in [7, 11) is -2.51. The van der Waals surface area contributed by atoms with Gasteiger partial charge in [0, 0.05) is 6.54 Å². The largest absolute Gasteiger partial charge is 0.497 e. The highest BCUT2D eigenvalue weighted by atomic mass is 32.2. The van der Waals surface area contributed by atoms with Gasteiger partial charge in [-0.15, -0.1) is 0 Å². The van der Waals surface area contributed by atoms with Crippen LogP contribution in [0, 0.1) is 0 Å². The Morgan fingerprint density at radius 1 is 1.03 bits per heavy atom. The number of imide groups is 1. The Balaban J connectivity index is 1.66. The Bertz CT molecular complexity index is 1140. The third-order valence-electron chi connectivity index (χ3n) is 6.19. The van der Waals surface area contributed by atoms with E-state index < -0.39 is 27.9 Å². The Labute approximate surface area is 194 Å². The standard InChI is InChI=1S/C25H28N2O5S/c1-32-21-12-14-22(15-13-21)33(30,31)26(17-16-19-8-4-2-5-9-19)23-18-24(28)27(25(23)29)20-10-6-3-7-11-20/h3,6-8,10-15,23H,2,4-5,9,16-18H2,1H3. The molecule has 1 unspecified atom stereocenters. The number of allylic oxidation sites excluding steroid dienone is 1. The lowest BCUT2D eigenvalue weighted by atomic mass is 9.97. The third-order valence-corrected chi connectivity index (χ3v) is 8.11. The molecule has 1 heterocycles. The number of hydrogen-bond donors (Lipinski definition) is 0. The molecule has 7 nitrogen and oxygen atoms in total. The number of para-hydroxylation sites is 1. The van der Waals surface area contributed by atoms with Gasteiger partial charge in [-0.3, -0.25) is 9.59 Å². The summed E-state index contributed by atoms with van der Waals surface area (Å²) in [6.45, 7) is 0.145. The fourth-order valence-corrected chi connectivity index (χ4v) is 5.98. The van der Waals surface area contributed by atoms with E-state index in [0.29, 0.717) is 17.9 Å². The van der Waals surface area contributed by atoms with Crippen LogP contribution >= 0.6 is 0 Å². The molecule has 2 amide bonds. The maximum Gasteiger partial charge on any atom is 0.252 e. The van der Waals surface area contributed by atoms with Crippen LogP contribution in [0.3, 0.4) is 0 Å². The van der Waals surface area contributed by atoms with Crippen molar-refractivity contribution >= 4 is 27.5 Å². The van der Waals surface area contributed by atoms with E-state index in [2.05, 4.69) is 6.08 Å². The first kappa shape index (κ1) is 23.2. The molecular weight excluding hydrogens is 440 g/mol. The minimum absolute atomic E-state index is 0.0688. The lowest BCUT2D eigenvalue weighted by Gasteiger charge is -2.28. The first-order valence-corrected chi connectivity index (χ1v) is 12.6. The molecule has 0 spiro atoms. The van der Waals surface area contributed by atoms with Gasteiger partial charge in [0.1, 0.15) is 11.8 Å². The second-order valence-corrected chi connectivity index (χ2v) is 10.2. The fourth-order valence-electron chi connectivity index (χ4n) is 4.40. The van der Waals surface area contributed by atoms with E-state index in [1.807, 2.05) is 0 Å². The van der Waals surface area contributed by atoms with Crippen LogP contribution in [0.4, 0.5) is 5.69 Å². The summed E-state index contributed by atoms with van der Waals surface area (Å²) in [4.78, 5) is 27.3. The van der Waals surface area contributed by atoms with Gasteiger partial charge in [0.15, 0.2) is 0 Å². The number of carbonyl (C=O) groups excluding carboxylic acids is 2. The van der Waals surface area contributed by atoms with Gasteiger partial charge < -0.3 is 4.74 Å². The molecule has 1 aliphatic carbocycles. The highest BCUT2D eigenvalue weighted by molar-refractivity contribution is 7.89. The molecule has 0 aromatic heterocycles. The predicted octanol–water partition coefficient (Wildman–Crippen LogP) is 3.91. The molecule has 2 aliphatic rings. The van der Waals surface area contributed by atoms with Crippen molar-refractivity contribution in [1.29, 1.82) is 0 Å². The second-order valence-electron chi connectivity index (χ2n) is 8.27. The van der Waals surface area contributed by atoms with Gasteiger partial charge in [-0.25, -0.2) is 13.3 Å². The van der Waals surface area contributed by atoms with Crippen LogP contribution in [0.2, 0.25) is 0 Å². The van der Waals surface area contributed by atoms with Crippen LogP contribution in [0.25, 0.3) is 0 Å². The molecule has 1 fully saturated rings. The van der Waals surface area contributed by atoms with Crippen molar-refractivity contribution < 1.29 is 22.7 Å². The smallest absolute Gasteiger partial charge is 0.252 e. The van der Waals surface area contributed by atoms with Crippen molar-refractivity contribution in [2.75, 3.05) is 18.6 Å². The van der Waals surface area contributed by atoms with Crippen LogP contribution in [0.15, 0.2) is 71.1 Å². The molecule has 1 saturated heterocycles. The van der Waals surface area contributed by atoms with E-state index in [-0.39, 0.29) is 17.9 Å². The molecular formula is C25H28N2O5S. The topological polar surface area (TPSA) is 84.0 Å². The van der Waals surface area contributed by atoms with Crippen LogP contribution in [0.5, 0.6) is 5.75 Å². The van der Waals surface area contributed by atoms with Crippen molar-refractivity contribution in [3.8, 4) is 5.75 Å². The van der Waals surface area contributed by atoms with Crippen LogP contribution in [-0.2, 0) is 19.6 Å². The molecule has 1 aliphatic heterocycles. The number of benzene rings is 2. The summed E-state index contributed by atoms with van der Waals surface area (Å²) in [6.07, 6.45) is 6.67. The number of rotatable bonds is 8. The summed E-state index contributed by atoms with van der Waals surface area (Å²) < 4.78 is 33.7. The molecule has 0 bridgehead atoms. The average Bonchev–Trinajstić information content (AvgIpc) is 3.13. The molecule has 2 aromatic carbocycles. The first-order valence-electron chi connectivity index (χ1n) is 11.2. The van der Waals surface area contributed by atoms with E-state index in [1.165, 1.54) is 29.1 Å². The maximum absolute atomic E-state index is 13.7. The van der Waals surface area contributed by atoms with E-state index in [1.54, 1.807) is 42.5 Å². The summed E-state index contributed by atoms with van der Waals surface area (Å²) in [5.74, 6) is -0.376. The van der Waals surface area contributed by atoms with Gasteiger partial charge in [0.2, 0.25) is 15.9 Å². The Kier molecular flexibility index (Phi) is 6.95. The molecule has 0 saturated carbocycles. The van der Waals surface area contributed by atoms with Gasteiger partial charge in [0.25, 0.3) is 5.91 Å². The van der Waals surface area contributed by atoms with Crippen molar-refractivity contribution in [1.82, 2.24) is 4.31 Å². The molecule has 0 N–H and O–H groups in total. The summed E-state index contributed by atoms with van der Waals surface area (Å²) in [5, 5.41) is 0. The minimum Gasteiger partial charge on any atom is -0.497 e. The molecule has 174 valence electrons. The first-order chi connectivity index (χ1) is 15.9. The number of ether oxygens (including phenoxy) is 1. The third kappa shape index (κ3) is 4.86. The quantitative estimate of drug-likeness (QED) is 0.433. The van der Waals surface area contributed by atoms with E-state index in [9.17, 15) is 18.0 Å². The zero-order valence-electron chi connectivity index (χ0n) is 18.6. The van der Waals surface area contributed by atoms with Crippen molar-refractivity contribution in [3.63, 3.8) is 0 Å². The normalized spacial score (nSPS) is 19.2. The molecule has 2 aromatic rings. The maximum atomic E-state index is 13.7. The fraction of sp³-hybridized carbons (Fsp3) is 0.360. The highest BCUT2D eigenvalue weighted by Crippen LogP contribution is 2.31. The number of amides is 2. The van der Waals surface area contributed by atoms with Crippen LogP contribution < -0.4 is 9.64 Å². The summed E-state index contributed by atoms with van der Waals surface area (Å²) in [6, 6.07) is 13.6. The zero-order valence-corrected chi connectivity index (χ0v) is 19.5. The SMILES string of the molecule is COc1ccc(S(=O)(=O)N(CCC2=CCCCC2)C2CC(=O)N(c3ccccc3)C2=O)cc1. The van der Waals surface area contributed by atoms with Gasteiger partial charge in [-0.05, 0) is 68.5 Å². The lowest BCUT2D eigenvalue weighted by Crippen LogP contribution is -2.46. The van der Waals surface area contributed by atoms with Crippen LogP contribution in [-0.4, -0.2) is 44.2 Å². The van der Waals surface area contributed by atoms with E-state index >= 15 is 0 Å². The molecule has 1 atom stereocenters. The molecule has 4 rings (SSSR count). The van der Waals surface area contributed by atoms with Crippen LogP contribution in [0.1, 0.15) is 38.5 Å². The Hall–Kier alpha value is -2.97. The molecule has 0 radical (unpaired) electrons. The summed E-state index contributed by atoms with van der Waals surface area (Å²) >= 11 is 0. The monoisotopic (exact) mass is 468 g/mol. The number of hydrogen-bond acceptors (Lipinski definition) is 5. The van der Waals surface area contributed by atoms with Gasteiger partial charge in [-0.2, -0.15) is 4.31 Å². The van der Waals surface area contributed by atoms with E-state index in [0.717, 1.165) is 30.6 Å². The Morgan fingerprint density at radius 2 is 1.76 bits per heavy atom. The number of sulfonamides is 1. The van der Waals surface area contributed by atoms with Gasteiger partial charge >= 0.3 is 0 Å². The van der Waals surface area contributed by atoms with Crippen molar-refractivity contribution in [3.05, 3.63) is 66.2 Å². The van der Waals surface area contributed by atoms with Crippen molar-refractivity contribution in [2.45, 2.75) is 49.5 Å². The zero-order chi connectivity index (χ0) is 23.4. The number of anilines is 1. The van der Waals surface area contributed by atoms with Gasteiger partial charge in [-0.1, -0.05) is 29.8 Å². The number of methoxy groups -OCH3 is 1. The minimum atomic E-state index is -4.02. The molecule has 33 heavy (non-hydrogen) atoms. The average molecular weight is 469 g/mol. The van der Waals surface area contributed by atoms with E-state index in [4.69, 9.17) is 4.74 Å². The molecule has 8 heteroatoms. The Morgan fingerprint density at radius 3 is 2.39 bits per heavy atom. The predicted molar refractivity (Wildman–Crippen MR) is 125 cm³/mol. The van der Waals surface area contributed by atoms with Crippen molar-refractivity contribution in [2.24, 2.45) is 0 Å². The van der Waals surface area contributed by atoms with Gasteiger partial charge in [0.05, 0.1) is 24.1 Å². The second kappa shape index (κ2) is 9.89. The summed E-state index contributed by atoms with van der Waals surface area (Å²) in [5.41, 5.74) is 1.65. The lowest BCUT2D eigenvalue weighted by molar-refractivity contribution is -0.122.